The number of guanidine groups is 1. The van der Waals surface area contributed by atoms with Gasteiger partial charge >= 0.3 is 0 Å². The van der Waals surface area contributed by atoms with Crippen LogP contribution in [0.3, 0.4) is 0 Å². The second-order valence-electron chi connectivity index (χ2n) is 6.27. The predicted molar refractivity (Wildman–Crippen MR) is 88.7 cm³/mol. The zero-order valence-corrected chi connectivity index (χ0v) is 14.0. The van der Waals surface area contributed by atoms with Crippen LogP contribution in [0.4, 0.5) is 0 Å². The van der Waals surface area contributed by atoms with Crippen LogP contribution in [0.1, 0.15) is 26.3 Å². The van der Waals surface area contributed by atoms with Gasteiger partial charge < -0.3 is 25.4 Å². The van der Waals surface area contributed by atoms with Crippen LogP contribution in [0.25, 0.3) is 0 Å². The summed E-state index contributed by atoms with van der Waals surface area (Å²) < 4.78 is 10.6. The lowest BCUT2D eigenvalue weighted by molar-refractivity contribution is -0.121. The van der Waals surface area contributed by atoms with Gasteiger partial charge in [-0.1, -0.05) is 6.07 Å². The highest BCUT2D eigenvalue weighted by Crippen LogP contribution is 2.32. The lowest BCUT2D eigenvalue weighted by Gasteiger charge is -2.21. The molecule has 0 saturated carbocycles. The number of hydrogen-bond acceptors (Lipinski definition) is 4. The molecule has 0 fully saturated rings. The van der Waals surface area contributed by atoms with Gasteiger partial charge in [0.25, 0.3) is 0 Å². The van der Waals surface area contributed by atoms with Crippen molar-refractivity contribution in [3.05, 3.63) is 23.8 Å². The number of amides is 1. The molecule has 0 saturated heterocycles. The van der Waals surface area contributed by atoms with Gasteiger partial charge in [0.1, 0.15) is 0 Å². The summed E-state index contributed by atoms with van der Waals surface area (Å²) in [6, 6.07) is 5.77. The topological polar surface area (TPSA) is 84.0 Å². The van der Waals surface area contributed by atoms with Crippen molar-refractivity contribution >= 4 is 11.9 Å². The highest BCUT2D eigenvalue weighted by molar-refractivity contribution is 5.86. The molecule has 1 aliphatic heterocycles. The number of hydrogen-bond donors (Lipinski definition) is 3. The molecule has 0 unspecified atom stereocenters. The van der Waals surface area contributed by atoms with E-state index in [1.807, 2.05) is 39.0 Å². The molecule has 1 amide bonds. The zero-order chi connectivity index (χ0) is 16.9. The standard InChI is InChI=1S/C16H24N4O3/c1-16(2,3)20-14(21)9-19-15(17-4)18-8-11-5-6-12-13(7-11)23-10-22-12/h5-7H,8-10H2,1-4H3,(H,20,21)(H2,17,18,19). The van der Waals surface area contributed by atoms with Gasteiger partial charge in [0.05, 0.1) is 6.54 Å². The predicted octanol–water partition coefficient (Wildman–Crippen LogP) is 0.995. The Balaban J connectivity index is 1.80. The summed E-state index contributed by atoms with van der Waals surface area (Å²) in [5.74, 6) is 1.99. The Kier molecular flexibility index (Phi) is 5.31. The summed E-state index contributed by atoms with van der Waals surface area (Å²) in [7, 11) is 1.66. The number of nitrogens with one attached hydrogen (secondary N) is 3. The number of carbonyl (C=O) groups excluding carboxylic acids is 1. The second kappa shape index (κ2) is 7.21. The fraction of sp³-hybridized carbons (Fsp3) is 0.500. The molecule has 0 aromatic heterocycles. The third-order valence-electron chi connectivity index (χ3n) is 3.05. The molecule has 1 heterocycles. The van der Waals surface area contributed by atoms with Gasteiger partial charge in [0.2, 0.25) is 12.7 Å². The molecule has 1 aromatic rings. The Morgan fingerprint density at radius 3 is 2.65 bits per heavy atom. The maximum Gasteiger partial charge on any atom is 0.239 e. The van der Waals surface area contributed by atoms with Crippen LogP contribution in [-0.2, 0) is 11.3 Å². The molecule has 3 N–H and O–H groups in total. The van der Waals surface area contributed by atoms with Crippen molar-refractivity contribution in [1.82, 2.24) is 16.0 Å². The van der Waals surface area contributed by atoms with E-state index in [-0.39, 0.29) is 24.8 Å². The van der Waals surface area contributed by atoms with Gasteiger partial charge in [0.15, 0.2) is 17.5 Å². The van der Waals surface area contributed by atoms with E-state index in [0.717, 1.165) is 17.1 Å². The molecule has 0 radical (unpaired) electrons. The van der Waals surface area contributed by atoms with E-state index in [4.69, 9.17) is 9.47 Å². The molecule has 126 valence electrons. The summed E-state index contributed by atoms with van der Waals surface area (Å²) in [6.07, 6.45) is 0. The van der Waals surface area contributed by atoms with Crippen molar-refractivity contribution in [1.29, 1.82) is 0 Å². The van der Waals surface area contributed by atoms with Crippen LogP contribution in [0.5, 0.6) is 11.5 Å². The van der Waals surface area contributed by atoms with Gasteiger partial charge in [-0.15, -0.1) is 0 Å². The van der Waals surface area contributed by atoms with E-state index >= 15 is 0 Å². The third-order valence-corrected chi connectivity index (χ3v) is 3.05. The van der Waals surface area contributed by atoms with E-state index in [0.29, 0.717) is 12.5 Å². The summed E-state index contributed by atoms with van der Waals surface area (Å²) in [4.78, 5) is 15.9. The third kappa shape index (κ3) is 5.36. The number of fused-ring (bicyclic) bond motifs is 1. The fourth-order valence-electron chi connectivity index (χ4n) is 2.08. The largest absolute Gasteiger partial charge is 0.454 e. The van der Waals surface area contributed by atoms with Crippen molar-refractivity contribution in [3.8, 4) is 11.5 Å². The fourth-order valence-corrected chi connectivity index (χ4v) is 2.08. The molecule has 7 nitrogen and oxygen atoms in total. The van der Waals surface area contributed by atoms with Crippen molar-refractivity contribution in [3.63, 3.8) is 0 Å². The van der Waals surface area contributed by atoms with Crippen LogP contribution in [-0.4, -0.2) is 37.8 Å². The Labute approximate surface area is 136 Å². The quantitative estimate of drug-likeness (QED) is 0.569. The number of ether oxygens (including phenoxy) is 2. The molecule has 2 rings (SSSR count). The summed E-state index contributed by atoms with van der Waals surface area (Å²) in [5.41, 5.74) is 0.790. The first-order valence-electron chi connectivity index (χ1n) is 7.51. The molecule has 7 heteroatoms. The summed E-state index contributed by atoms with van der Waals surface area (Å²) >= 11 is 0. The molecule has 1 aliphatic rings. The second-order valence-corrected chi connectivity index (χ2v) is 6.27. The van der Waals surface area contributed by atoms with Gasteiger partial charge in [-0.2, -0.15) is 0 Å². The minimum atomic E-state index is -0.248. The highest BCUT2D eigenvalue weighted by Gasteiger charge is 2.14. The number of aliphatic imine (C=N–C) groups is 1. The van der Waals surface area contributed by atoms with Crippen LogP contribution in [0.2, 0.25) is 0 Å². The van der Waals surface area contributed by atoms with E-state index in [1.165, 1.54) is 0 Å². The maximum atomic E-state index is 11.8. The van der Waals surface area contributed by atoms with Gasteiger partial charge in [-0.25, -0.2) is 0 Å². The van der Waals surface area contributed by atoms with Crippen molar-refractivity contribution in [2.75, 3.05) is 20.4 Å². The van der Waals surface area contributed by atoms with E-state index in [1.54, 1.807) is 7.05 Å². The molecule has 23 heavy (non-hydrogen) atoms. The van der Waals surface area contributed by atoms with Crippen LogP contribution < -0.4 is 25.4 Å². The lowest BCUT2D eigenvalue weighted by atomic mass is 10.1. The zero-order valence-electron chi connectivity index (χ0n) is 14.0. The van der Waals surface area contributed by atoms with Crippen LogP contribution in [0, 0.1) is 0 Å². The average molecular weight is 320 g/mol. The lowest BCUT2D eigenvalue weighted by Crippen LogP contribution is -2.48. The van der Waals surface area contributed by atoms with Crippen molar-refractivity contribution < 1.29 is 14.3 Å². The van der Waals surface area contributed by atoms with Crippen LogP contribution in [0.15, 0.2) is 23.2 Å². The maximum absolute atomic E-state index is 11.8. The Morgan fingerprint density at radius 1 is 1.22 bits per heavy atom. The first-order valence-corrected chi connectivity index (χ1v) is 7.51. The van der Waals surface area contributed by atoms with Crippen LogP contribution >= 0.6 is 0 Å². The molecule has 1 aromatic carbocycles. The van der Waals surface area contributed by atoms with E-state index < -0.39 is 0 Å². The Bertz CT molecular complexity index is 593. The summed E-state index contributed by atoms with van der Waals surface area (Å²) in [6.45, 7) is 6.82. The smallest absolute Gasteiger partial charge is 0.239 e. The number of benzene rings is 1. The van der Waals surface area contributed by atoms with Gasteiger partial charge in [-0.3, -0.25) is 9.79 Å². The molecule has 0 spiro atoms. The Morgan fingerprint density at radius 2 is 1.96 bits per heavy atom. The van der Waals surface area contributed by atoms with Gasteiger partial charge in [0, 0.05) is 19.1 Å². The monoisotopic (exact) mass is 320 g/mol. The average Bonchev–Trinajstić information content (AvgIpc) is 2.93. The molecule has 0 atom stereocenters. The number of nitrogens with zero attached hydrogens (tertiary/aromatic N) is 1. The van der Waals surface area contributed by atoms with Gasteiger partial charge in [-0.05, 0) is 38.5 Å². The number of rotatable bonds is 4. The minimum Gasteiger partial charge on any atom is -0.454 e. The molecular formula is C16H24N4O3. The first-order chi connectivity index (χ1) is 10.9. The van der Waals surface area contributed by atoms with Crippen molar-refractivity contribution in [2.45, 2.75) is 32.9 Å². The molecular weight excluding hydrogens is 296 g/mol. The first kappa shape index (κ1) is 16.9. The molecule has 0 aliphatic carbocycles. The number of carbonyl (C=O) groups is 1. The summed E-state index contributed by atoms with van der Waals surface area (Å²) in [5, 5.41) is 9.03. The SMILES string of the molecule is CN=C(NCC(=O)NC(C)(C)C)NCc1ccc2c(c1)OCO2. The highest BCUT2D eigenvalue weighted by atomic mass is 16.7. The van der Waals surface area contributed by atoms with E-state index in [9.17, 15) is 4.79 Å². The van der Waals surface area contributed by atoms with E-state index in [2.05, 4.69) is 20.9 Å². The normalized spacial score (nSPS) is 13.7. The van der Waals surface area contributed by atoms with Crippen molar-refractivity contribution in [2.24, 2.45) is 4.99 Å². The Hall–Kier alpha value is -2.44. The molecule has 0 bridgehead atoms. The minimum absolute atomic E-state index is 0.0801.